The van der Waals surface area contributed by atoms with Gasteiger partial charge >= 0.3 is 0 Å². The molecule has 1 aliphatic heterocycles. The van der Waals surface area contributed by atoms with Crippen molar-refractivity contribution in [1.82, 2.24) is 4.90 Å². The Morgan fingerprint density at radius 2 is 2.35 bits per heavy atom. The molecule has 2 rings (SSSR count). The Labute approximate surface area is 123 Å². The molecule has 0 fully saturated rings. The van der Waals surface area contributed by atoms with Gasteiger partial charge in [-0.1, -0.05) is 23.8 Å². The smallest absolute Gasteiger partial charge is 0.292 e. The molecule has 0 amide bonds. The van der Waals surface area contributed by atoms with Gasteiger partial charge in [0.1, 0.15) is 5.69 Å². The van der Waals surface area contributed by atoms with Crippen LogP contribution in [0.5, 0.6) is 0 Å². The van der Waals surface area contributed by atoms with Gasteiger partial charge in [-0.15, -0.1) is 0 Å². The lowest BCUT2D eigenvalue weighted by Gasteiger charge is -2.25. The van der Waals surface area contributed by atoms with Crippen LogP contribution in [0.1, 0.15) is 19.4 Å². The maximum Gasteiger partial charge on any atom is 0.292 e. The highest BCUT2D eigenvalue weighted by Gasteiger charge is 2.26. The van der Waals surface area contributed by atoms with Gasteiger partial charge in [0, 0.05) is 42.3 Å². The van der Waals surface area contributed by atoms with Crippen LogP contribution in [-0.2, 0) is 6.54 Å². The molecule has 1 heterocycles. The Balaban J connectivity index is 2.41. The fraction of sp³-hybridized carbons (Fsp3) is 0.429. The molecule has 0 aliphatic carbocycles. The molecule has 0 aromatic heterocycles. The Morgan fingerprint density at radius 1 is 1.60 bits per heavy atom. The SMILES string of the molecule is CC=CCN1Cc2c(Cl)ccc([N+](=O)[O-])c2NC[C@@H]1C. The number of nitrogens with one attached hydrogen (secondary N) is 1. The van der Waals surface area contributed by atoms with Gasteiger partial charge in [-0.05, 0) is 19.9 Å². The quantitative estimate of drug-likeness (QED) is 0.527. The van der Waals surface area contributed by atoms with E-state index in [0.717, 1.165) is 12.1 Å². The van der Waals surface area contributed by atoms with Crippen LogP contribution in [0.3, 0.4) is 0 Å². The summed E-state index contributed by atoms with van der Waals surface area (Å²) in [5, 5.41) is 14.9. The number of hydrogen-bond acceptors (Lipinski definition) is 4. The molecule has 0 spiro atoms. The minimum atomic E-state index is -0.367. The van der Waals surface area contributed by atoms with Gasteiger partial charge in [0.05, 0.1) is 4.92 Å². The van der Waals surface area contributed by atoms with Crippen LogP contribution < -0.4 is 5.32 Å². The zero-order chi connectivity index (χ0) is 14.7. The zero-order valence-corrected chi connectivity index (χ0v) is 12.4. The third-order valence-electron chi connectivity index (χ3n) is 3.56. The van der Waals surface area contributed by atoms with Gasteiger partial charge in [0.2, 0.25) is 0 Å². The van der Waals surface area contributed by atoms with Gasteiger partial charge in [-0.2, -0.15) is 0 Å². The van der Waals surface area contributed by atoms with Crippen molar-refractivity contribution in [3.05, 3.63) is 45.0 Å². The average Bonchev–Trinajstić information content (AvgIpc) is 2.57. The third kappa shape index (κ3) is 2.94. The fourth-order valence-corrected chi connectivity index (χ4v) is 2.55. The first-order valence-corrected chi connectivity index (χ1v) is 6.97. The molecule has 6 heteroatoms. The molecule has 1 N–H and O–H groups in total. The highest BCUT2D eigenvalue weighted by atomic mass is 35.5. The molecule has 1 aliphatic rings. The van der Waals surface area contributed by atoms with Crippen LogP contribution in [0.25, 0.3) is 0 Å². The minimum absolute atomic E-state index is 0.0875. The topological polar surface area (TPSA) is 58.4 Å². The number of nitro groups is 1. The third-order valence-corrected chi connectivity index (χ3v) is 3.92. The van der Waals surface area contributed by atoms with Crippen molar-refractivity contribution in [2.24, 2.45) is 0 Å². The second kappa shape index (κ2) is 6.24. The average molecular weight is 296 g/mol. The van der Waals surface area contributed by atoms with Crippen LogP contribution in [0, 0.1) is 10.1 Å². The highest BCUT2D eigenvalue weighted by molar-refractivity contribution is 6.32. The Kier molecular flexibility index (Phi) is 4.62. The first kappa shape index (κ1) is 14.8. The summed E-state index contributed by atoms with van der Waals surface area (Å²) in [7, 11) is 0. The minimum Gasteiger partial charge on any atom is -0.378 e. The maximum absolute atomic E-state index is 11.1. The van der Waals surface area contributed by atoms with Crippen LogP contribution in [0.4, 0.5) is 11.4 Å². The van der Waals surface area contributed by atoms with Crippen molar-refractivity contribution in [3.8, 4) is 0 Å². The van der Waals surface area contributed by atoms with E-state index in [9.17, 15) is 10.1 Å². The summed E-state index contributed by atoms with van der Waals surface area (Å²) in [6, 6.07) is 3.33. The predicted octanol–water partition coefficient (Wildman–Crippen LogP) is 3.44. The molecule has 1 aromatic carbocycles. The summed E-state index contributed by atoms with van der Waals surface area (Å²) in [5.74, 6) is 0. The van der Waals surface area contributed by atoms with Crippen molar-refractivity contribution in [2.45, 2.75) is 26.4 Å². The predicted molar refractivity (Wildman–Crippen MR) is 81.3 cm³/mol. The van der Waals surface area contributed by atoms with Crippen LogP contribution in [-0.4, -0.2) is 29.0 Å². The van der Waals surface area contributed by atoms with Crippen molar-refractivity contribution >= 4 is 23.0 Å². The van der Waals surface area contributed by atoms with Crippen LogP contribution in [0.15, 0.2) is 24.3 Å². The molecular weight excluding hydrogens is 278 g/mol. The van der Waals surface area contributed by atoms with Gasteiger partial charge in [-0.3, -0.25) is 15.0 Å². The monoisotopic (exact) mass is 295 g/mol. The van der Waals surface area contributed by atoms with E-state index >= 15 is 0 Å². The van der Waals surface area contributed by atoms with E-state index < -0.39 is 0 Å². The summed E-state index contributed by atoms with van der Waals surface area (Å²) in [5.41, 5.74) is 1.44. The number of rotatable bonds is 3. The first-order chi connectivity index (χ1) is 9.54. The van der Waals surface area contributed by atoms with Crippen molar-refractivity contribution in [2.75, 3.05) is 18.4 Å². The number of nitrogens with zero attached hydrogens (tertiary/aromatic N) is 2. The number of allylic oxidation sites excluding steroid dienone is 1. The molecule has 20 heavy (non-hydrogen) atoms. The van der Waals surface area contributed by atoms with E-state index in [1.165, 1.54) is 6.07 Å². The standard InChI is InChI=1S/C14H18ClN3O2/c1-3-4-7-17-9-11-12(15)5-6-13(18(19)20)14(11)16-8-10(17)2/h3-6,10,16H,7-9H2,1-2H3/t10-/m0/s1. The number of hydrogen-bond donors (Lipinski definition) is 1. The Hall–Kier alpha value is -1.59. The Bertz CT molecular complexity index is 545. The lowest BCUT2D eigenvalue weighted by molar-refractivity contribution is -0.384. The normalized spacial score (nSPS) is 19.4. The second-order valence-electron chi connectivity index (χ2n) is 4.91. The number of halogens is 1. The van der Waals surface area contributed by atoms with E-state index in [-0.39, 0.29) is 16.7 Å². The summed E-state index contributed by atoms with van der Waals surface area (Å²) < 4.78 is 0. The largest absolute Gasteiger partial charge is 0.378 e. The van der Waals surface area contributed by atoms with Crippen molar-refractivity contribution in [3.63, 3.8) is 0 Å². The maximum atomic E-state index is 11.1. The van der Waals surface area contributed by atoms with Crippen molar-refractivity contribution < 1.29 is 4.92 Å². The van der Waals surface area contributed by atoms with Crippen LogP contribution in [0.2, 0.25) is 5.02 Å². The zero-order valence-electron chi connectivity index (χ0n) is 11.6. The fourth-order valence-electron chi connectivity index (χ4n) is 2.34. The summed E-state index contributed by atoms with van der Waals surface area (Å²) in [6.07, 6.45) is 4.08. The van der Waals surface area contributed by atoms with Gasteiger partial charge < -0.3 is 5.32 Å². The van der Waals surface area contributed by atoms with E-state index in [1.807, 2.05) is 13.0 Å². The summed E-state index contributed by atoms with van der Waals surface area (Å²) in [6.45, 7) is 6.15. The van der Waals surface area contributed by atoms with E-state index in [4.69, 9.17) is 11.6 Å². The lowest BCUT2D eigenvalue weighted by atomic mass is 10.1. The molecule has 108 valence electrons. The number of nitro benzene ring substituents is 1. The number of fused-ring (bicyclic) bond motifs is 1. The number of benzene rings is 1. The van der Waals surface area contributed by atoms with E-state index in [2.05, 4.69) is 23.2 Å². The molecular formula is C14H18ClN3O2. The van der Waals surface area contributed by atoms with Gasteiger partial charge in [-0.25, -0.2) is 0 Å². The van der Waals surface area contributed by atoms with Crippen molar-refractivity contribution in [1.29, 1.82) is 0 Å². The van der Waals surface area contributed by atoms with Crippen LogP contribution >= 0.6 is 11.6 Å². The van der Waals surface area contributed by atoms with Gasteiger partial charge in [0.25, 0.3) is 5.69 Å². The Morgan fingerprint density at radius 3 is 3.00 bits per heavy atom. The molecule has 0 bridgehead atoms. The second-order valence-corrected chi connectivity index (χ2v) is 5.31. The van der Waals surface area contributed by atoms with E-state index in [0.29, 0.717) is 23.8 Å². The molecule has 0 saturated carbocycles. The molecule has 0 unspecified atom stereocenters. The molecule has 5 nitrogen and oxygen atoms in total. The summed E-state index contributed by atoms with van der Waals surface area (Å²) >= 11 is 6.23. The lowest BCUT2D eigenvalue weighted by Crippen LogP contribution is -2.35. The first-order valence-electron chi connectivity index (χ1n) is 6.59. The van der Waals surface area contributed by atoms with Gasteiger partial charge in [0.15, 0.2) is 0 Å². The molecule has 1 aromatic rings. The summed E-state index contributed by atoms with van der Waals surface area (Å²) in [4.78, 5) is 13.0. The highest BCUT2D eigenvalue weighted by Crippen LogP contribution is 2.36. The number of anilines is 1. The van der Waals surface area contributed by atoms with E-state index in [1.54, 1.807) is 6.07 Å². The molecule has 0 radical (unpaired) electrons. The molecule has 1 atom stereocenters. The molecule has 0 saturated heterocycles.